The summed E-state index contributed by atoms with van der Waals surface area (Å²) in [5.74, 6) is 0.144. The third kappa shape index (κ3) is 5.61. The Morgan fingerprint density at radius 2 is 1.68 bits per heavy atom. The molecule has 4 aromatic rings. The molecule has 0 saturated carbocycles. The van der Waals surface area contributed by atoms with E-state index in [9.17, 15) is 9.59 Å². The molecule has 2 amide bonds. The van der Waals surface area contributed by atoms with Crippen LogP contribution in [0.25, 0.3) is 16.9 Å². The van der Waals surface area contributed by atoms with Crippen LogP contribution in [0.1, 0.15) is 35.7 Å². The number of pyridine rings is 1. The summed E-state index contributed by atoms with van der Waals surface area (Å²) in [7, 11) is 0. The largest absolute Gasteiger partial charge is 0.352 e. The van der Waals surface area contributed by atoms with Gasteiger partial charge in [0.15, 0.2) is 0 Å². The van der Waals surface area contributed by atoms with Gasteiger partial charge in [-0.25, -0.2) is 4.68 Å². The third-order valence-corrected chi connectivity index (χ3v) is 7.15. The number of benzene rings is 2. The number of rotatable bonds is 7. The van der Waals surface area contributed by atoms with Gasteiger partial charge in [-0.15, -0.1) is 0 Å². The lowest BCUT2D eigenvalue weighted by Gasteiger charge is -2.34. The average molecular weight is 494 g/mol. The SMILES string of the molecule is C[C@@H](C(=O)NCc1cccnc1)C1CCN(C(=O)c2cn(-c3ccccc3)nc2-c2ccccc2)CC1. The van der Waals surface area contributed by atoms with Crippen LogP contribution in [-0.2, 0) is 11.3 Å². The molecule has 0 aliphatic carbocycles. The molecule has 3 heterocycles. The minimum absolute atomic E-state index is 0.0202. The zero-order valence-corrected chi connectivity index (χ0v) is 21.0. The molecule has 37 heavy (non-hydrogen) atoms. The standard InChI is InChI=1S/C30H31N5O2/c1-22(29(36)32-20-23-9-8-16-31-19-23)24-14-17-34(18-15-24)30(37)27-21-35(26-12-6-3-7-13-26)33-28(27)25-10-4-2-5-11-25/h2-13,16,19,21-22,24H,14-15,17-18,20H2,1H3,(H,32,36)/t22-/m1/s1. The summed E-state index contributed by atoms with van der Waals surface area (Å²) in [5.41, 5.74) is 4.07. The fourth-order valence-electron chi connectivity index (χ4n) is 4.89. The van der Waals surface area contributed by atoms with Gasteiger partial charge in [0, 0.05) is 49.7 Å². The van der Waals surface area contributed by atoms with E-state index in [0.717, 1.165) is 29.7 Å². The first kappa shape index (κ1) is 24.4. The normalized spacial score (nSPS) is 14.8. The maximum absolute atomic E-state index is 13.7. The first-order valence-corrected chi connectivity index (χ1v) is 12.8. The molecule has 1 N–H and O–H groups in total. The van der Waals surface area contributed by atoms with Crippen molar-refractivity contribution in [3.8, 4) is 16.9 Å². The van der Waals surface area contributed by atoms with Crippen molar-refractivity contribution in [2.75, 3.05) is 13.1 Å². The quantitative estimate of drug-likeness (QED) is 0.403. The van der Waals surface area contributed by atoms with Gasteiger partial charge < -0.3 is 10.2 Å². The Balaban J connectivity index is 1.26. The molecule has 1 aliphatic rings. The van der Waals surface area contributed by atoms with Crippen LogP contribution in [-0.4, -0.2) is 44.6 Å². The van der Waals surface area contributed by atoms with E-state index in [-0.39, 0.29) is 23.7 Å². The summed E-state index contributed by atoms with van der Waals surface area (Å²) in [5, 5.41) is 7.82. The van der Waals surface area contributed by atoms with Gasteiger partial charge in [-0.3, -0.25) is 14.6 Å². The lowest BCUT2D eigenvalue weighted by molar-refractivity contribution is -0.126. The van der Waals surface area contributed by atoms with Crippen LogP contribution in [0.5, 0.6) is 0 Å². The number of hydrogen-bond acceptors (Lipinski definition) is 4. The second kappa shape index (κ2) is 11.2. The number of likely N-dealkylation sites (tertiary alicyclic amines) is 1. The zero-order chi connectivity index (χ0) is 25.6. The summed E-state index contributed by atoms with van der Waals surface area (Å²) in [6.45, 7) is 3.70. The monoisotopic (exact) mass is 493 g/mol. The van der Waals surface area contributed by atoms with E-state index in [2.05, 4.69) is 10.3 Å². The van der Waals surface area contributed by atoms with Crippen molar-refractivity contribution in [3.05, 3.63) is 103 Å². The molecule has 0 spiro atoms. The number of nitrogens with zero attached hydrogens (tertiary/aromatic N) is 4. The fraction of sp³-hybridized carbons (Fsp3) is 0.267. The Labute approximate surface area is 217 Å². The Kier molecular flexibility index (Phi) is 7.40. The van der Waals surface area contributed by atoms with Gasteiger partial charge in [0.05, 0.1) is 11.3 Å². The van der Waals surface area contributed by atoms with Gasteiger partial charge >= 0.3 is 0 Å². The molecular weight excluding hydrogens is 462 g/mol. The van der Waals surface area contributed by atoms with Gasteiger partial charge in [0.1, 0.15) is 5.69 Å². The third-order valence-electron chi connectivity index (χ3n) is 7.15. The van der Waals surface area contributed by atoms with Crippen LogP contribution in [0.4, 0.5) is 0 Å². The van der Waals surface area contributed by atoms with E-state index in [1.807, 2.05) is 90.8 Å². The molecule has 0 unspecified atom stereocenters. The number of carbonyl (C=O) groups excluding carboxylic acids is 2. The van der Waals surface area contributed by atoms with E-state index >= 15 is 0 Å². The fourth-order valence-corrected chi connectivity index (χ4v) is 4.89. The summed E-state index contributed by atoms with van der Waals surface area (Å²) in [6.07, 6.45) is 6.90. The summed E-state index contributed by atoms with van der Waals surface area (Å²) < 4.78 is 1.77. The minimum atomic E-state index is -0.116. The number of carbonyl (C=O) groups is 2. The van der Waals surface area contributed by atoms with Crippen molar-refractivity contribution < 1.29 is 9.59 Å². The van der Waals surface area contributed by atoms with Crippen LogP contribution < -0.4 is 5.32 Å². The Bertz CT molecular complexity index is 1330. The molecule has 2 aromatic carbocycles. The highest BCUT2D eigenvalue weighted by atomic mass is 16.2. The highest BCUT2D eigenvalue weighted by molar-refractivity contribution is 6.00. The molecule has 1 aliphatic heterocycles. The predicted molar refractivity (Wildman–Crippen MR) is 143 cm³/mol. The highest BCUT2D eigenvalue weighted by Crippen LogP contribution is 2.29. The first-order valence-electron chi connectivity index (χ1n) is 12.8. The van der Waals surface area contributed by atoms with Gasteiger partial charge in [0.2, 0.25) is 5.91 Å². The van der Waals surface area contributed by atoms with Crippen LogP contribution in [0.3, 0.4) is 0 Å². The molecule has 1 saturated heterocycles. The Morgan fingerprint density at radius 3 is 2.35 bits per heavy atom. The average Bonchev–Trinajstić information content (AvgIpc) is 3.42. The maximum Gasteiger partial charge on any atom is 0.257 e. The van der Waals surface area contributed by atoms with Crippen molar-refractivity contribution >= 4 is 11.8 Å². The van der Waals surface area contributed by atoms with E-state index < -0.39 is 0 Å². The molecule has 0 radical (unpaired) electrons. The van der Waals surface area contributed by atoms with Crippen molar-refractivity contribution in [1.29, 1.82) is 0 Å². The van der Waals surface area contributed by atoms with Crippen LogP contribution in [0.15, 0.2) is 91.4 Å². The number of nitrogens with one attached hydrogen (secondary N) is 1. The van der Waals surface area contributed by atoms with Crippen molar-refractivity contribution in [2.45, 2.75) is 26.3 Å². The molecule has 1 atom stereocenters. The highest BCUT2D eigenvalue weighted by Gasteiger charge is 2.31. The van der Waals surface area contributed by atoms with Crippen LogP contribution in [0, 0.1) is 11.8 Å². The minimum Gasteiger partial charge on any atom is -0.352 e. The van der Waals surface area contributed by atoms with Crippen LogP contribution >= 0.6 is 0 Å². The second-order valence-electron chi connectivity index (χ2n) is 9.53. The molecule has 7 nitrogen and oxygen atoms in total. The summed E-state index contributed by atoms with van der Waals surface area (Å²) in [4.78, 5) is 32.5. The summed E-state index contributed by atoms with van der Waals surface area (Å²) in [6, 6.07) is 23.5. The summed E-state index contributed by atoms with van der Waals surface area (Å²) >= 11 is 0. The van der Waals surface area contributed by atoms with E-state index in [1.165, 1.54) is 0 Å². The first-order chi connectivity index (χ1) is 18.1. The zero-order valence-electron chi connectivity index (χ0n) is 21.0. The molecule has 2 aromatic heterocycles. The number of amides is 2. The number of para-hydroxylation sites is 1. The smallest absolute Gasteiger partial charge is 0.257 e. The molecule has 5 rings (SSSR count). The maximum atomic E-state index is 13.7. The predicted octanol–water partition coefficient (Wildman–Crippen LogP) is 4.74. The van der Waals surface area contributed by atoms with Gasteiger partial charge in [0.25, 0.3) is 5.91 Å². The number of piperidine rings is 1. The van der Waals surface area contributed by atoms with E-state index in [1.54, 1.807) is 17.1 Å². The topological polar surface area (TPSA) is 80.1 Å². The van der Waals surface area contributed by atoms with E-state index in [4.69, 9.17) is 5.10 Å². The van der Waals surface area contributed by atoms with Crippen molar-refractivity contribution in [2.24, 2.45) is 11.8 Å². The van der Waals surface area contributed by atoms with Gasteiger partial charge in [-0.05, 0) is 42.5 Å². The Hall–Kier alpha value is -4.26. The van der Waals surface area contributed by atoms with Gasteiger partial charge in [-0.2, -0.15) is 5.10 Å². The van der Waals surface area contributed by atoms with Gasteiger partial charge in [-0.1, -0.05) is 61.5 Å². The van der Waals surface area contributed by atoms with Crippen LogP contribution in [0.2, 0.25) is 0 Å². The van der Waals surface area contributed by atoms with E-state index in [0.29, 0.717) is 30.9 Å². The lowest BCUT2D eigenvalue weighted by Crippen LogP contribution is -2.42. The second-order valence-corrected chi connectivity index (χ2v) is 9.53. The lowest BCUT2D eigenvalue weighted by atomic mass is 9.84. The molecular formula is C30H31N5O2. The molecule has 7 heteroatoms. The number of aromatic nitrogens is 3. The van der Waals surface area contributed by atoms with Crippen molar-refractivity contribution in [3.63, 3.8) is 0 Å². The number of hydrogen-bond donors (Lipinski definition) is 1. The van der Waals surface area contributed by atoms with Crippen molar-refractivity contribution in [1.82, 2.24) is 25.0 Å². The molecule has 188 valence electrons. The molecule has 1 fully saturated rings. The molecule has 0 bridgehead atoms. The Morgan fingerprint density at radius 1 is 0.973 bits per heavy atom.